The minimum atomic E-state index is -1.57. The molecule has 45 heavy (non-hydrogen) atoms. The average Bonchev–Trinajstić information content (AvgIpc) is 3.33. The Morgan fingerprint density at radius 2 is 1.29 bits per heavy atom. The second-order valence-electron chi connectivity index (χ2n) is 12.6. The summed E-state index contributed by atoms with van der Waals surface area (Å²) in [5.41, 5.74) is 30.3. The lowest BCUT2D eigenvalue weighted by atomic mass is 9.75. The van der Waals surface area contributed by atoms with Gasteiger partial charge in [0.25, 0.3) is 0 Å². The molecule has 0 aromatic carbocycles. The van der Waals surface area contributed by atoms with Crippen molar-refractivity contribution in [3.63, 3.8) is 0 Å². The molecule has 3 heterocycles. The second kappa shape index (κ2) is 16.6. The maximum absolute atomic E-state index is 11.6. The van der Waals surface area contributed by atoms with Gasteiger partial charge >= 0.3 is 0 Å². The Morgan fingerprint density at radius 1 is 0.644 bits per heavy atom. The van der Waals surface area contributed by atoms with Crippen LogP contribution >= 0.6 is 0 Å². The van der Waals surface area contributed by atoms with Crippen LogP contribution in [0.5, 0.6) is 0 Å². The van der Waals surface area contributed by atoms with E-state index in [2.05, 4.69) is 0 Å². The van der Waals surface area contributed by atoms with Crippen molar-refractivity contribution in [2.24, 2.45) is 40.5 Å². The number of hydrogen-bond donors (Lipinski definition) is 12. The summed E-state index contributed by atoms with van der Waals surface area (Å²) in [6, 6.07) is -2.47. The molecule has 0 unspecified atom stereocenters. The summed E-state index contributed by atoms with van der Waals surface area (Å²) in [6.07, 6.45) is -13.7. The SMILES string of the molecule is NC[C@@H]1CC[C@@H](N)[C@@H](O[C@H]2[C@H](O[C@@H]3O[C@H](CO)[C@@H](O[C@H]4O[C@@H](CN)[C@@H](O)[C@H](O)[C@H]4N)[C@H]3O)[C@@H](O)[C@H](CC(CO)CO)C[C@@H]2N)O1. The third kappa shape index (κ3) is 8.30. The monoisotopic (exact) mass is 655 g/mol. The van der Waals surface area contributed by atoms with E-state index in [9.17, 15) is 35.7 Å². The molecule has 3 aliphatic heterocycles. The molecule has 17 atom stereocenters. The molecule has 0 spiro atoms. The normalized spacial score (nSPS) is 47.8. The van der Waals surface area contributed by atoms with Crippen molar-refractivity contribution in [3.05, 3.63) is 0 Å². The lowest BCUT2D eigenvalue weighted by Gasteiger charge is -2.47. The number of aliphatic hydroxyl groups excluding tert-OH is 7. The topological polar surface area (TPSA) is 327 Å². The third-order valence-electron chi connectivity index (χ3n) is 9.38. The van der Waals surface area contributed by atoms with Crippen LogP contribution in [0.2, 0.25) is 0 Å². The van der Waals surface area contributed by atoms with E-state index < -0.39 is 110 Å². The molecule has 264 valence electrons. The van der Waals surface area contributed by atoms with Gasteiger partial charge in [0.2, 0.25) is 0 Å². The van der Waals surface area contributed by atoms with E-state index in [1.54, 1.807) is 0 Å². The fourth-order valence-corrected chi connectivity index (χ4v) is 6.58. The quantitative estimate of drug-likeness (QED) is 0.0877. The van der Waals surface area contributed by atoms with Crippen LogP contribution in [0.1, 0.15) is 25.7 Å². The van der Waals surface area contributed by atoms with Gasteiger partial charge in [0.05, 0.1) is 30.9 Å². The zero-order valence-electron chi connectivity index (χ0n) is 25.2. The van der Waals surface area contributed by atoms with Crippen molar-refractivity contribution in [1.82, 2.24) is 0 Å². The summed E-state index contributed by atoms with van der Waals surface area (Å²) < 4.78 is 35.7. The minimum Gasteiger partial charge on any atom is -0.396 e. The van der Waals surface area contributed by atoms with Gasteiger partial charge in [-0.25, -0.2) is 0 Å². The van der Waals surface area contributed by atoms with E-state index in [0.717, 1.165) is 0 Å². The Morgan fingerprint density at radius 3 is 1.91 bits per heavy atom. The molecule has 1 aliphatic carbocycles. The van der Waals surface area contributed by atoms with Crippen LogP contribution < -0.4 is 28.7 Å². The van der Waals surface area contributed by atoms with Gasteiger partial charge in [-0.1, -0.05) is 0 Å². The van der Waals surface area contributed by atoms with Gasteiger partial charge in [-0.3, -0.25) is 0 Å². The summed E-state index contributed by atoms with van der Waals surface area (Å²) in [6.45, 7) is -1.14. The number of hydrogen-bond acceptors (Lipinski definition) is 18. The summed E-state index contributed by atoms with van der Waals surface area (Å²) >= 11 is 0. The van der Waals surface area contributed by atoms with E-state index in [-0.39, 0.29) is 45.2 Å². The summed E-state index contributed by atoms with van der Waals surface area (Å²) in [7, 11) is 0. The number of nitrogens with two attached hydrogens (primary N) is 5. The van der Waals surface area contributed by atoms with Crippen LogP contribution in [-0.4, -0.2) is 167 Å². The van der Waals surface area contributed by atoms with Gasteiger partial charge in [0.15, 0.2) is 18.9 Å². The van der Waals surface area contributed by atoms with Gasteiger partial charge in [0, 0.05) is 38.3 Å². The molecule has 18 nitrogen and oxygen atoms in total. The first-order chi connectivity index (χ1) is 21.5. The minimum absolute atomic E-state index is 0.153. The first kappa shape index (κ1) is 37.1. The van der Waals surface area contributed by atoms with Crippen LogP contribution in [0.4, 0.5) is 0 Å². The van der Waals surface area contributed by atoms with Crippen molar-refractivity contribution >= 4 is 0 Å². The molecule has 0 aromatic heterocycles. The van der Waals surface area contributed by atoms with Crippen molar-refractivity contribution in [1.29, 1.82) is 0 Å². The van der Waals surface area contributed by atoms with Gasteiger partial charge in [-0.05, 0) is 31.6 Å². The fraction of sp³-hybridized carbons (Fsp3) is 1.00. The molecule has 3 saturated heterocycles. The fourth-order valence-electron chi connectivity index (χ4n) is 6.58. The molecular weight excluding hydrogens is 602 g/mol. The Balaban J connectivity index is 1.54. The molecule has 1 saturated carbocycles. The summed E-state index contributed by atoms with van der Waals surface area (Å²) in [4.78, 5) is 0. The molecule has 0 bridgehead atoms. The Bertz CT molecular complexity index is 896. The highest BCUT2D eigenvalue weighted by Crippen LogP contribution is 2.37. The zero-order valence-corrected chi connectivity index (χ0v) is 25.2. The van der Waals surface area contributed by atoms with E-state index in [4.69, 9.17) is 57.1 Å². The molecule has 0 radical (unpaired) electrons. The van der Waals surface area contributed by atoms with Crippen LogP contribution in [0.15, 0.2) is 0 Å². The molecule has 4 rings (SSSR count). The first-order valence-corrected chi connectivity index (χ1v) is 15.6. The summed E-state index contributed by atoms with van der Waals surface area (Å²) in [5.74, 6) is -1.06. The predicted octanol–water partition coefficient (Wildman–Crippen LogP) is -6.56. The highest BCUT2D eigenvalue weighted by atomic mass is 16.8. The molecule has 4 aliphatic rings. The standard InChI is InChI=1S/C27H53N5O13/c28-5-12-1-2-13(30)25(40-12)43-22-14(31)4-11(3-10(7-33)8-34)18(36)24(22)45-27-21(39)23(16(9-35)42-27)44-26-17(32)20(38)19(37)15(6-29)41-26/h10-27,33-39H,1-9,28-32H2/t11-,12+,13-,14+,15+,16-,17-,18+,19-,20-,21-,22-,23-,24-,25-,26-,27+/m1/s1. The van der Waals surface area contributed by atoms with Crippen LogP contribution in [-0.2, 0) is 28.4 Å². The smallest absolute Gasteiger partial charge is 0.187 e. The maximum Gasteiger partial charge on any atom is 0.187 e. The average molecular weight is 656 g/mol. The van der Waals surface area contributed by atoms with Crippen LogP contribution in [0.3, 0.4) is 0 Å². The molecule has 0 aromatic rings. The lowest BCUT2D eigenvalue weighted by Crippen LogP contribution is -2.64. The highest BCUT2D eigenvalue weighted by molar-refractivity contribution is 5.00. The van der Waals surface area contributed by atoms with E-state index in [1.807, 2.05) is 0 Å². The van der Waals surface area contributed by atoms with Crippen LogP contribution in [0.25, 0.3) is 0 Å². The van der Waals surface area contributed by atoms with Crippen molar-refractivity contribution in [2.45, 2.75) is 124 Å². The van der Waals surface area contributed by atoms with Gasteiger partial charge < -0.3 is 92.8 Å². The Hall–Kier alpha value is -0.720. The van der Waals surface area contributed by atoms with Crippen molar-refractivity contribution in [3.8, 4) is 0 Å². The molecule has 4 fully saturated rings. The molecule has 18 heteroatoms. The van der Waals surface area contributed by atoms with E-state index in [0.29, 0.717) is 12.8 Å². The Labute approximate surface area is 261 Å². The first-order valence-electron chi connectivity index (χ1n) is 15.6. The van der Waals surface area contributed by atoms with Crippen molar-refractivity contribution in [2.75, 3.05) is 32.9 Å². The van der Waals surface area contributed by atoms with Crippen molar-refractivity contribution < 1.29 is 64.2 Å². The third-order valence-corrected chi connectivity index (χ3v) is 9.38. The number of ether oxygens (including phenoxy) is 6. The van der Waals surface area contributed by atoms with Gasteiger partial charge in [-0.15, -0.1) is 0 Å². The molecule has 17 N–H and O–H groups in total. The van der Waals surface area contributed by atoms with Crippen LogP contribution in [0, 0.1) is 11.8 Å². The van der Waals surface area contributed by atoms with E-state index in [1.165, 1.54) is 0 Å². The predicted molar refractivity (Wildman–Crippen MR) is 153 cm³/mol. The molecular formula is C27H53N5O13. The Kier molecular flexibility index (Phi) is 13.7. The summed E-state index contributed by atoms with van der Waals surface area (Å²) in [5, 5.41) is 72.8. The van der Waals surface area contributed by atoms with E-state index >= 15 is 0 Å². The van der Waals surface area contributed by atoms with Gasteiger partial charge in [-0.2, -0.15) is 0 Å². The zero-order chi connectivity index (χ0) is 33.0. The molecule has 0 amide bonds. The maximum atomic E-state index is 11.6. The van der Waals surface area contributed by atoms with Gasteiger partial charge in [0.1, 0.15) is 48.8 Å². The largest absolute Gasteiger partial charge is 0.396 e. The number of aliphatic hydroxyl groups is 7. The lowest BCUT2D eigenvalue weighted by molar-refractivity contribution is -0.292. The second-order valence-corrected chi connectivity index (χ2v) is 12.6. The highest BCUT2D eigenvalue weighted by Gasteiger charge is 2.54. The number of rotatable bonds is 13.